The van der Waals surface area contributed by atoms with Crippen molar-refractivity contribution in [2.24, 2.45) is 4.99 Å². The number of hydrogen-bond donors (Lipinski definition) is 1. The number of aliphatic imine (C=N–C) groups is 1. The molecule has 1 aliphatic heterocycles. The van der Waals surface area contributed by atoms with Gasteiger partial charge in [-0.05, 0) is 25.0 Å². The Balaban J connectivity index is 0.00000161. The third kappa shape index (κ3) is 3.79. The van der Waals surface area contributed by atoms with E-state index in [0.29, 0.717) is 11.6 Å². The van der Waals surface area contributed by atoms with Crippen molar-refractivity contribution in [3.05, 3.63) is 35.2 Å². The minimum absolute atomic E-state index is 0. The maximum atomic E-state index is 5.97. The molecule has 0 atom stereocenters. The number of nitrogens with zero attached hydrogens (tertiary/aromatic N) is 4. The molecule has 0 spiro atoms. The fourth-order valence-electron chi connectivity index (χ4n) is 2.53. The molecule has 2 aromatic heterocycles. The number of aromatic nitrogens is 2. The molecule has 114 valence electrons. The molecule has 1 saturated heterocycles. The molecule has 21 heavy (non-hydrogen) atoms. The lowest BCUT2D eigenvalue weighted by Gasteiger charge is -2.20. The van der Waals surface area contributed by atoms with Gasteiger partial charge < -0.3 is 14.6 Å². The topological polar surface area (TPSA) is 44.9 Å². The Bertz CT molecular complexity index is 633. The molecule has 0 unspecified atom stereocenters. The van der Waals surface area contributed by atoms with Gasteiger partial charge in [-0.3, -0.25) is 4.99 Å². The van der Waals surface area contributed by atoms with Crippen molar-refractivity contribution in [3.8, 4) is 0 Å². The minimum Gasteiger partial charge on any atom is -0.351 e. The summed E-state index contributed by atoms with van der Waals surface area (Å²) in [5.41, 5.74) is 1.88. The number of fused-ring (bicyclic) bond motifs is 1. The van der Waals surface area contributed by atoms with Crippen LogP contribution in [0.5, 0.6) is 0 Å². The van der Waals surface area contributed by atoms with Gasteiger partial charge in [-0.2, -0.15) is 0 Å². The molecule has 1 fully saturated rings. The zero-order valence-corrected chi connectivity index (χ0v) is 15.0. The van der Waals surface area contributed by atoms with Crippen LogP contribution in [0.25, 0.3) is 5.65 Å². The van der Waals surface area contributed by atoms with Crippen molar-refractivity contribution >= 4 is 47.2 Å². The summed E-state index contributed by atoms with van der Waals surface area (Å²) >= 11 is 5.97. The van der Waals surface area contributed by atoms with Gasteiger partial charge in [0, 0.05) is 32.5 Å². The normalized spacial score (nSPS) is 15.3. The van der Waals surface area contributed by atoms with E-state index in [1.54, 1.807) is 0 Å². The predicted molar refractivity (Wildman–Crippen MR) is 96.6 cm³/mol. The first-order valence-corrected chi connectivity index (χ1v) is 7.23. The molecule has 0 amide bonds. The molecule has 3 heterocycles. The zero-order chi connectivity index (χ0) is 13.9. The van der Waals surface area contributed by atoms with Crippen LogP contribution >= 0.6 is 35.6 Å². The van der Waals surface area contributed by atoms with E-state index < -0.39 is 0 Å². The van der Waals surface area contributed by atoms with Gasteiger partial charge in [0.2, 0.25) is 0 Å². The molecule has 0 aliphatic carbocycles. The van der Waals surface area contributed by atoms with E-state index in [2.05, 4.69) is 20.2 Å². The lowest BCUT2D eigenvalue weighted by atomic mass is 10.4. The van der Waals surface area contributed by atoms with Crippen molar-refractivity contribution < 1.29 is 0 Å². The number of halogens is 2. The average Bonchev–Trinajstić information content (AvgIpc) is 3.08. The van der Waals surface area contributed by atoms with Crippen LogP contribution in [0.15, 0.2) is 29.5 Å². The maximum absolute atomic E-state index is 5.97. The summed E-state index contributed by atoms with van der Waals surface area (Å²) in [6.07, 6.45) is 6.34. The van der Waals surface area contributed by atoms with Crippen LogP contribution in [0.2, 0.25) is 5.02 Å². The Kier molecular flexibility index (Phi) is 5.69. The van der Waals surface area contributed by atoms with Crippen LogP contribution in [0.3, 0.4) is 0 Å². The summed E-state index contributed by atoms with van der Waals surface area (Å²) in [5, 5.41) is 4.08. The van der Waals surface area contributed by atoms with E-state index in [1.165, 1.54) is 12.8 Å². The highest BCUT2D eigenvalue weighted by atomic mass is 127. The quantitative estimate of drug-likeness (QED) is 0.462. The fraction of sp³-hybridized carbons (Fsp3) is 0.429. The molecule has 0 bridgehead atoms. The summed E-state index contributed by atoms with van der Waals surface area (Å²) in [6, 6.07) is 3.77. The largest absolute Gasteiger partial charge is 0.351 e. The number of likely N-dealkylation sites (tertiary alicyclic amines) is 1. The van der Waals surface area contributed by atoms with Gasteiger partial charge in [0.15, 0.2) is 5.96 Å². The molecule has 1 aliphatic rings. The number of guanidine groups is 1. The number of nitrogens with one attached hydrogen (secondary N) is 1. The Morgan fingerprint density at radius 3 is 2.81 bits per heavy atom. The molecule has 5 nitrogen and oxygen atoms in total. The van der Waals surface area contributed by atoms with Crippen molar-refractivity contribution in [1.82, 2.24) is 19.6 Å². The average molecular weight is 420 g/mol. The minimum atomic E-state index is 0. The smallest absolute Gasteiger partial charge is 0.193 e. The van der Waals surface area contributed by atoms with E-state index in [-0.39, 0.29) is 24.0 Å². The molecule has 0 radical (unpaired) electrons. The van der Waals surface area contributed by atoms with Crippen LogP contribution in [0.4, 0.5) is 0 Å². The van der Waals surface area contributed by atoms with Crippen LogP contribution < -0.4 is 5.32 Å². The second-order valence-electron chi connectivity index (χ2n) is 4.94. The molecule has 0 aromatic carbocycles. The van der Waals surface area contributed by atoms with Gasteiger partial charge in [-0.25, -0.2) is 4.98 Å². The number of hydrogen-bond acceptors (Lipinski definition) is 2. The third-order valence-corrected chi connectivity index (χ3v) is 3.73. The number of pyridine rings is 1. The standard InChI is InChI=1S/C14H18ClN5.HI/c1-16-14(19-6-2-3-7-19)17-8-12-10-20-9-11(15)4-5-13(20)18-12;/h4-5,9-10H,2-3,6-8H2,1H3,(H,16,17);1H. The monoisotopic (exact) mass is 419 g/mol. The van der Waals surface area contributed by atoms with E-state index >= 15 is 0 Å². The SMILES string of the molecule is CN=C(NCc1cn2cc(Cl)ccc2n1)N1CCCC1.I. The van der Waals surface area contributed by atoms with Crippen LogP contribution in [0, 0.1) is 0 Å². The summed E-state index contributed by atoms with van der Waals surface area (Å²) in [5.74, 6) is 0.956. The Hall–Kier alpha value is -1.02. The van der Waals surface area contributed by atoms with Crippen molar-refractivity contribution in [1.29, 1.82) is 0 Å². The summed E-state index contributed by atoms with van der Waals surface area (Å²) < 4.78 is 1.94. The second-order valence-corrected chi connectivity index (χ2v) is 5.38. The van der Waals surface area contributed by atoms with Crippen LogP contribution in [-0.2, 0) is 6.54 Å². The van der Waals surface area contributed by atoms with Gasteiger partial charge in [-0.15, -0.1) is 24.0 Å². The molecule has 7 heteroatoms. The number of rotatable bonds is 2. The first-order chi connectivity index (χ1) is 9.76. The Morgan fingerprint density at radius 2 is 2.10 bits per heavy atom. The predicted octanol–water partition coefficient (Wildman–Crippen LogP) is 2.78. The van der Waals surface area contributed by atoms with Crippen LogP contribution in [-0.4, -0.2) is 40.4 Å². The van der Waals surface area contributed by atoms with Gasteiger partial charge in [0.25, 0.3) is 0 Å². The number of imidazole rings is 1. The highest BCUT2D eigenvalue weighted by Gasteiger charge is 2.15. The molecule has 0 saturated carbocycles. The van der Waals surface area contributed by atoms with Gasteiger partial charge in [0.1, 0.15) is 5.65 Å². The third-order valence-electron chi connectivity index (χ3n) is 3.51. The van der Waals surface area contributed by atoms with Gasteiger partial charge >= 0.3 is 0 Å². The highest BCUT2D eigenvalue weighted by Crippen LogP contribution is 2.12. The molecule has 1 N–H and O–H groups in total. The lowest BCUT2D eigenvalue weighted by Crippen LogP contribution is -2.39. The summed E-state index contributed by atoms with van der Waals surface area (Å²) in [6.45, 7) is 2.84. The van der Waals surface area contributed by atoms with E-state index in [1.807, 2.05) is 36.0 Å². The van der Waals surface area contributed by atoms with E-state index in [9.17, 15) is 0 Å². The van der Waals surface area contributed by atoms with Crippen molar-refractivity contribution in [2.75, 3.05) is 20.1 Å². The maximum Gasteiger partial charge on any atom is 0.193 e. The van der Waals surface area contributed by atoms with Crippen molar-refractivity contribution in [2.45, 2.75) is 19.4 Å². The van der Waals surface area contributed by atoms with E-state index in [0.717, 1.165) is 30.4 Å². The Labute approximate surface area is 146 Å². The lowest BCUT2D eigenvalue weighted by molar-refractivity contribution is 0.493. The molecular formula is C14H19ClIN5. The molecular weight excluding hydrogens is 401 g/mol. The Morgan fingerprint density at radius 1 is 1.33 bits per heavy atom. The van der Waals surface area contributed by atoms with E-state index in [4.69, 9.17) is 11.6 Å². The highest BCUT2D eigenvalue weighted by molar-refractivity contribution is 14.0. The first-order valence-electron chi connectivity index (χ1n) is 6.85. The zero-order valence-electron chi connectivity index (χ0n) is 11.9. The fourth-order valence-corrected chi connectivity index (χ4v) is 2.70. The van der Waals surface area contributed by atoms with Crippen molar-refractivity contribution in [3.63, 3.8) is 0 Å². The second kappa shape index (κ2) is 7.31. The van der Waals surface area contributed by atoms with Gasteiger partial charge in [-0.1, -0.05) is 11.6 Å². The summed E-state index contributed by atoms with van der Waals surface area (Å²) in [7, 11) is 1.82. The van der Waals surface area contributed by atoms with Crippen LogP contribution in [0.1, 0.15) is 18.5 Å². The summed E-state index contributed by atoms with van der Waals surface area (Å²) in [4.78, 5) is 11.2. The molecule has 3 rings (SSSR count). The first kappa shape index (κ1) is 16.4. The molecule has 2 aromatic rings. The van der Waals surface area contributed by atoms with Gasteiger partial charge in [0.05, 0.1) is 17.3 Å².